The minimum Gasteiger partial charge on any atom is -0.478 e. The molecule has 1 fully saturated rings. The summed E-state index contributed by atoms with van der Waals surface area (Å²) in [6, 6.07) is 3.49. The lowest BCUT2D eigenvalue weighted by Crippen LogP contribution is -2.40. The number of thiocarbonyl (C=S) groups is 1. The van der Waals surface area contributed by atoms with E-state index in [0.29, 0.717) is 34.0 Å². The Labute approximate surface area is 133 Å². The number of morpholine rings is 1. The van der Waals surface area contributed by atoms with Gasteiger partial charge in [-0.15, -0.1) is 6.42 Å². The van der Waals surface area contributed by atoms with Crippen LogP contribution in [0.25, 0.3) is 0 Å². The zero-order valence-corrected chi connectivity index (χ0v) is 13.0. The molecule has 0 aromatic heterocycles. The number of ether oxygens (including phenoxy) is 2. The molecule has 20 heavy (non-hydrogen) atoms. The Bertz CT molecular complexity index is 528. The Morgan fingerprint density at radius 1 is 1.35 bits per heavy atom. The normalized spacial score (nSPS) is 14.8. The van der Waals surface area contributed by atoms with Crippen LogP contribution in [0.1, 0.15) is 5.56 Å². The summed E-state index contributed by atoms with van der Waals surface area (Å²) < 4.78 is 10.6. The summed E-state index contributed by atoms with van der Waals surface area (Å²) in [5.74, 6) is 2.76. The van der Waals surface area contributed by atoms with Crippen molar-refractivity contribution in [1.82, 2.24) is 4.90 Å². The van der Waals surface area contributed by atoms with Crippen LogP contribution >= 0.6 is 35.4 Å². The zero-order chi connectivity index (χ0) is 14.5. The van der Waals surface area contributed by atoms with Crippen LogP contribution in [0.15, 0.2) is 12.1 Å². The fraction of sp³-hybridized carbons (Fsp3) is 0.357. The lowest BCUT2D eigenvalue weighted by molar-refractivity contribution is 0.0693. The van der Waals surface area contributed by atoms with E-state index in [1.54, 1.807) is 12.1 Å². The smallest absolute Gasteiger partial charge is 0.157 e. The fourth-order valence-electron chi connectivity index (χ4n) is 1.88. The Morgan fingerprint density at radius 3 is 2.50 bits per heavy atom. The molecule has 0 saturated carbocycles. The molecule has 6 heteroatoms. The molecule has 1 aliphatic heterocycles. The maximum Gasteiger partial charge on any atom is 0.157 e. The van der Waals surface area contributed by atoms with Crippen molar-refractivity contribution in [3.05, 3.63) is 27.7 Å². The third-order valence-corrected chi connectivity index (χ3v) is 3.90. The number of hydrogen-bond acceptors (Lipinski definition) is 3. The van der Waals surface area contributed by atoms with Crippen LogP contribution in [0, 0.1) is 12.3 Å². The Balaban J connectivity index is 2.20. The molecule has 0 aliphatic carbocycles. The van der Waals surface area contributed by atoms with Crippen molar-refractivity contribution in [2.45, 2.75) is 0 Å². The summed E-state index contributed by atoms with van der Waals surface area (Å²) in [6.45, 7) is 3.00. The largest absolute Gasteiger partial charge is 0.478 e. The van der Waals surface area contributed by atoms with Gasteiger partial charge in [-0.05, 0) is 12.1 Å². The molecule has 0 N–H and O–H groups in total. The molecule has 106 valence electrons. The van der Waals surface area contributed by atoms with E-state index in [1.807, 2.05) is 0 Å². The Morgan fingerprint density at radius 2 is 1.95 bits per heavy atom. The standard InChI is InChI=1S/C14H13Cl2NO2S/c1-2-5-19-13-11(15)8-10(9-12(13)16)14(20)17-3-6-18-7-4-17/h1,8-9H,3-7H2. The predicted molar refractivity (Wildman–Crippen MR) is 84.9 cm³/mol. The van der Waals surface area contributed by atoms with Gasteiger partial charge in [-0.1, -0.05) is 41.3 Å². The van der Waals surface area contributed by atoms with Gasteiger partial charge in [0.15, 0.2) is 5.75 Å². The zero-order valence-electron chi connectivity index (χ0n) is 10.7. The van der Waals surface area contributed by atoms with E-state index < -0.39 is 0 Å². The summed E-state index contributed by atoms with van der Waals surface area (Å²) >= 11 is 17.8. The van der Waals surface area contributed by atoms with E-state index in [1.165, 1.54) is 0 Å². The highest BCUT2D eigenvalue weighted by atomic mass is 35.5. The summed E-state index contributed by atoms with van der Waals surface area (Å²) in [7, 11) is 0. The number of halogens is 2. The van der Waals surface area contributed by atoms with E-state index in [0.717, 1.165) is 18.7 Å². The molecule has 1 heterocycles. The predicted octanol–water partition coefficient (Wildman–Crippen LogP) is 3.01. The van der Waals surface area contributed by atoms with Gasteiger partial charge in [0.2, 0.25) is 0 Å². The molecular formula is C14H13Cl2NO2S. The van der Waals surface area contributed by atoms with Gasteiger partial charge in [0.25, 0.3) is 0 Å². The van der Waals surface area contributed by atoms with Gasteiger partial charge in [0.05, 0.1) is 23.3 Å². The Hall–Kier alpha value is -0.990. The van der Waals surface area contributed by atoms with Crippen molar-refractivity contribution >= 4 is 40.4 Å². The molecule has 3 nitrogen and oxygen atoms in total. The van der Waals surface area contributed by atoms with Crippen molar-refractivity contribution < 1.29 is 9.47 Å². The molecule has 0 spiro atoms. The molecule has 0 amide bonds. The molecule has 1 aromatic carbocycles. The lowest BCUT2D eigenvalue weighted by atomic mass is 10.2. The first-order valence-corrected chi connectivity index (χ1v) is 7.22. The third-order valence-electron chi connectivity index (χ3n) is 2.84. The first kappa shape index (κ1) is 15.4. The van der Waals surface area contributed by atoms with E-state index in [9.17, 15) is 0 Å². The summed E-state index contributed by atoms with van der Waals surface area (Å²) in [5.41, 5.74) is 0.796. The van der Waals surface area contributed by atoms with Gasteiger partial charge in [-0.3, -0.25) is 0 Å². The van der Waals surface area contributed by atoms with Crippen molar-refractivity contribution in [2.24, 2.45) is 0 Å². The number of benzene rings is 1. The molecular weight excluding hydrogens is 317 g/mol. The molecule has 1 saturated heterocycles. The van der Waals surface area contributed by atoms with Crippen molar-refractivity contribution in [2.75, 3.05) is 32.9 Å². The van der Waals surface area contributed by atoms with Crippen LogP contribution in [0.5, 0.6) is 5.75 Å². The van der Waals surface area contributed by atoms with Crippen LogP contribution in [0.2, 0.25) is 10.0 Å². The van der Waals surface area contributed by atoms with E-state index >= 15 is 0 Å². The van der Waals surface area contributed by atoms with Gasteiger partial charge in [0.1, 0.15) is 11.6 Å². The third kappa shape index (κ3) is 3.56. The second kappa shape index (κ2) is 7.14. The average Bonchev–Trinajstić information content (AvgIpc) is 2.46. The van der Waals surface area contributed by atoms with Gasteiger partial charge in [-0.2, -0.15) is 0 Å². The summed E-state index contributed by atoms with van der Waals surface area (Å²) in [5, 5.41) is 0.803. The van der Waals surface area contributed by atoms with E-state index in [2.05, 4.69) is 10.8 Å². The Kier molecular flexibility index (Phi) is 5.50. The van der Waals surface area contributed by atoms with E-state index in [-0.39, 0.29) is 6.61 Å². The van der Waals surface area contributed by atoms with Crippen molar-refractivity contribution in [1.29, 1.82) is 0 Å². The average molecular weight is 330 g/mol. The van der Waals surface area contributed by atoms with Gasteiger partial charge < -0.3 is 14.4 Å². The maximum atomic E-state index is 6.17. The first-order valence-electron chi connectivity index (χ1n) is 6.06. The number of terminal acetylenes is 1. The summed E-state index contributed by atoms with van der Waals surface area (Å²) in [4.78, 5) is 2.78. The van der Waals surface area contributed by atoms with Gasteiger partial charge >= 0.3 is 0 Å². The number of rotatable bonds is 3. The van der Waals surface area contributed by atoms with E-state index in [4.69, 9.17) is 51.3 Å². The molecule has 0 atom stereocenters. The van der Waals surface area contributed by atoms with Gasteiger partial charge in [0, 0.05) is 18.7 Å². The molecule has 1 aliphatic rings. The highest BCUT2D eigenvalue weighted by Gasteiger charge is 2.18. The molecule has 0 unspecified atom stereocenters. The number of hydrogen-bond donors (Lipinski definition) is 0. The second-order valence-electron chi connectivity index (χ2n) is 4.17. The van der Waals surface area contributed by atoms with Crippen LogP contribution < -0.4 is 4.74 Å². The highest BCUT2D eigenvalue weighted by Crippen LogP contribution is 2.34. The fourth-order valence-corrected chi connectivity index (χ4v) is 2.78. The quantitative estimate of drug-likeness (QED) is 0.627. The summed E-state index contributed by atoms with van der Waals surface area (Å²) in [6.07, 6.45) is 5.15. The van der Waals surface area contributed by atoms with Crippen molar-refractivity contribution in [3.63, 3.8) is 0 Å². The maximum absolute atomic E-state index is 6.17. The van der Waals surface area contributed by atoms with Crippen LogP contribution in [0.3, 0.4) is 0 Å². The monoisotopic (exact) mass is 329 g/mol. The minimum absolute atomic E-state index is 0.118. The van der Waals surface area contributed by atoms with Gasteiger partial charge in [-0.25, -0.2) is 0 Å². The molecule has 0 bridgehead atoms. The van der Waals surface area contributed by atoms with Crippen LogP contribution in [-0.2, 0) is 4.74 Å². The number of nitrogens with zero attached hydrogens (tertiary/aromatic N) is 1. The lowest BCUT2D eigenvalue weighted by Gasteiger charge is -2.29. The van der Waals surface area contributed by atoms with Crippen LogP contribution in [-0.4, -0.2) is 42.8 Å². The molecule has 1 aromatic rings. The van der Waals surface area contributed by atoms with Crippen LogP contribution in [0.4, 0.5) is 0 Å². The van der Waals surface area contributed by atoms with Crippen molar-refractivity contribution in [3.8, 4) is 18.1 Å². The molecule has 2 rings (SSSR count). The SMILES string of the molecule is C#CCOc1c(Cl)cc(C(=S)N2CCOCC2)cc1Cl. The molecule has 0 radical (unpaired) electrons. The topological polar surface area (TPSA) is 21.7 Å². The minimum atomic E-state index is 0.118. The first-order chi connectivity index (χ1) is 9.63. The highest BCUT2D eigenvalue weighted by molar-refractivity contribution is 7.80. The second-order valence-corrected chi connectivity index (χ2v) is 5.37.